The van der Waals surface area contributed by atoms with Gasteiger partial charge < -0.3 is 16.0 Å². The Hall–Kier alpha value is -2.05. The number of hydrogen-bond donors (Lipinski definition) is 4. The van der Waals surface area contributed by atoms with Gasteiger partial charge in [-0.15, -0.1) is 0 Å². The Morgan fingerprint density at radius 3 is 2.86 bits per heavy atom. The summed E-state index contributed by atoms with van der Waals surface area (Å²) in [7, 11) is 0. The van der Waals surface area contributed by atoms with Crippen molar-refractivity contribution in [3.8, 4) is 0 Å². The maximum absolute atomic E-state index is 11.3. The quantitative estimate of drug-likeness (QED) is 0.519. The third-order valence-electron chi connectivity index (χ3n) is 1.49. The molecule has 1 heterocycles. The number of carbonyl (C=O) groups excluding carboxylic acids is 2. The standard InChI is InChI=1S/C7H11N5O2/c1-4(11-6(8)14)5(13)12-7-9-2-3-10-7/h2-4H,1H3,(H3,8,11,14)(H2,9,10,12,13). The van der Waals surface area contributed by atoms with E-state index in [4.69, 9.17) is 5.73 Å². The van der Waals surface area contributed by atoms with E-state index in [1.54, 1.807) is 6.20 Å². The lowest BCUT2D eigenvalue weighted by atomic mass is 10.3. The topological polar surface area (TPSA) is 113 Å². The summed E-state index contributed by atoms with van der Waals surface area (Å²) in [6.07, 6.45) is 3.07. The zero-order valence-electron chi connectivity index (χ0n) is 7.57. The minimum atomic E-state index is -0.743. The average Bonchev–Trinajstić information content (AvgIpc) is 2.55. The number of nitrogens with one attached hydrogen (secondary N) is 3. The summed E-state index contributed by atoms with van der Waals surface area (Å²) in [5, 5.41) is 4.69. The van der Waals surface area contributed by atoms with E-state index in [0.29, 0.717) is 5.95 Å². The molecule has 1 rings (SSSR count). The van der Waals surface area contributed by atoms with Gasteiger partial charge in [-0.1, -0.05) is 0 Å². The summed E-state index contributed by atoms with van der Waals surface area (Å²) in [4.78, 5) is 28.2. The number of anilines is 1. The minimum absolute atomic E-state index is 0.327. The molecular weight excluding hydrogens is 186 g/mol. The van der Waals surface area contributed by atoms with Gasteiger partial charge in [0, 0.05) is 12.4 Å². The van der Waals surface area contributed by atoms with Gasteiger partial charge in [0.15, 0.2) is 0 Å². The molecule has 0 bridgehead atoms. The maximum Gasteiger partial charge on any atom is 0.312 e. The van der Waals surface area contributed by atoms with Crippen LogP contribution < -0.4 is 16.4 Å². The molecule has 3 amide bonds. The minimum Gasteiger partial charge on any atom is -0.352 e. The van der Waals surface area contributed by atoms with E-state index < -0.39 is 18.0 Å². The maximum atomic E-state index is 11.3. The molecule has 1 atom stereocenters. The molecule has 0 aliphatic rings. The van der Waals surface area contributed by atoms with E-state index >= 15 is 0 Å². The molecule has 5 N–H and O–H groups in total. The van der Waals surface area contributed by atoms with Gasteiger partial charge in [0.2, 0.25) is 11.9 Å². The van der Waals surface area contributed by atoms with Crippen molar-refractivity contribution >= 4 is 17.9 Å². The van der Waals surface area contributed by atoms with Crippen molar-refractivity contribution in [3.05, 3.63) is 12.4 Å². The number of aromatic nitrogens is 2. The highest BCUT2D eigenvalue weighted by molar-refractivity contribution is 5.95. The monoisotopic (exact) mass is 197 g/mol. The molecule has 14 heavy (non-hydrogen) atoms. The molecule has 76 valence electrons. The molecule has 0 aromatic carbocycles. The van der Waals surface area contributed by atoms with Gasteiger partial charge in [-0.25, -0.2) is 9.78 Å². The molecule has 0 saturated heterocycles. The summed E-state index contributed by atoms with van der Waals surface area (Å²) in [6.45, 7) is 1.52. The van der Waals surface area contributed by atoms with Gasteiger partial charge >= 0.3 is 6.03 Å². The lowest BCUT2D eigenvalue weighted by molar-refractivity contribution is -0.117. The van der Waals surface area contributed by atoms with Crippen LogP contribution >= 0.6 is 0 Å². The van der Waals surface area contributed by atoms with Crippen LogP contribution in [0, 0.1) is 0 Å². The first-order chi connectivity index (χ1) is 6.59. The van der Waals surface area contributed by atoms with Gasteiger partial charge in [0.1, 0.15) is 6.04 Å². The highest BCUT2D eigenvalue weighted by Gasteiger charge is 2.14. The average molecular weight is 197 g/mol. The van der Waals surface area contributed by atoms with Gasteiger partial charge in [-0.3, -0.25) is 10.1 Å². The van der Waals surface area contributed by atoms with Crippen LogP contribution in [0.3, 0.4) is 0 Å². The first-order valence-electron chi connectivity index (χ1n) is 3.96. The van der Waals surface area contributed by atoms with E-state index in [0.717, 1.165) is 0 Å². The Kier molecular flexibility index (Phi) is 3.05. The number of nitrogens with zero attached hydrogens (tertiary/aromatic N) is 1. The summed E-state index contributed by atoms with van der Waals surface area (Å²) in [5.41, 5.74) is 4.85. The van der Waals surface area contributed by atoms with E-state index in [1.165, 1.54) is 13.1 Å². The normalized spacial score (nSPS) is 11.8. The second-order valence-electron chi connectivity index (χ2n) is 2.66. The first kappa shape index (κ1) is 10.0. The molecule has 0 fully saturated rings. The fraction of sp³-hybridized carbons (Fsp3) is 0.286. The molecule has 1 aromatic heterocycles. The second-order valence-corrected chi connectivity index (χ2v) is 2.66. The van der Waals surface area contributed by atoms with Crippen molar-refractivity contribution in [2.75, 3.05) is 5.32 Å². The zero-order chi connectivity index (χ0) is 10.6. The van der Waals surface area contributed by atoms with Gasteiger partial charge in [-0.2, -0.15) is 0 Å². The molecule has 0 aliphatic carbocycles. The number of aromatic amines is 1. The Morgan fingerprint density at radius 2 is 2.36 bits per heavy atom. The predicted octanol–water partition coefficient (Wildman–Crippen LogP) is -0.595. The number of rotatable bonds is 3. The zero-order valence-corrected chi connectivity index (χ0v) is 7.57. The van der Waals surface area contributed by atoms with Crippen LogP contribution in [0.5, 0.6) is 0 Å². The van der Waals surface area contributed by atoms with Gasteiger partial charge in [0.25, 0.3) is 0 Å². The fourth-order valence-corrected chi connectivity index (χ4v) is 0.838. The largest absolute Gasteiger partial charge is 0.352 e. The second kappa shape index (κ2) is 4.26. The number of hydrogen-bond acceptors (Lipinski definition) is 3. The molecule has 1 aromatic rings. The van der Waals surface area contributed by atoms with Crippen molar-refractivity contribution in [2.24, 2.45) is 5.73 Å². The SMILES string of the molecule is CC(NC(N)=O)C(=O)Nc1ncc[nH]1. The number of amides is 3. The highest BCUT2D eigenvalue weighted by Crippen LogP contribution is 1.96. The van der Waals surface area contributed by atoms with Crippen molar-refractivity contribution in [1.29, 1.82) is 0 Å². The summed E-state index contributed by atoms with van der Waals surface area (Å²) < 4.78 is 0. The number of primary amides is 1. The molecule has 1 unspecified atom stereocenters. The van der Waals surface area contributed by atoms with Crippen LogP contribution in [0.2, 0.25) is 0 Å². The summed E-state index contributed by atoms with van der Waals surface area (Å²) >= 11 is 0. The summed E-state index contributed by atoms with van der Waals surface area (Å²) in [5.74, 6) is -0.0631. The van der Waals surface area contributed by atoms with Crippen LogP contribution in [-0.4, -0.2) is 27.9 Å². The van der Waals surface area contributed by atoms with Gasteiger partial charge in [-0.05, 0) is 6.92 Å². The summed E-state index contributed by atoms with van der Waals surface area (Å²) in [6, 6.07) is -1.44. The Bertz CT molecular complexity index is 321. The van der Waals surface area contributed by atoms with Crippen molar-refractivity contribution < 1.29 is 9.59 Å². The fourth-order valence-electron chi connectivity index (χ4n) is 0.838. The molecule has 0 spiro atoms. The smallest absolute Gasteiger partial charge is 0.312 e. The number of urea groups is 1. The van der Waals surface area contributed by atoms with E-state index in [2.05, 4.69) is 20.6 Å². The molecule has 7 heteroatoms. The predicted molar refractivity (Wildman–Crippen MR) is 49.4 cm³/mol. The van der Waals surface area contributed by atoms with E-state index in [1.807, 2.05) is 0 Å². The first-order valence-corrected chi connectivity index (χ1v) is 3.96. The lowest BCUT2D eigenvalue weighted by Gasteiger charge is -2.10. The Morgan fingerprint density at radius 1 is 1.64 bits per heavy atom. The lowest BCUT2D eigenvalue weighted by Crippen LogP contribution is -2.44. The Labute approximate surface area is 80.1 Å². The number of carbonyl (C=O) groups is 2. The van der Waals surface area contributed by atoms with E-state index in [-0.39, 0.29) is 0 Å². The van der Waals surface area contributed by atoms with Gasteiger partial charge in [0.05, 0.1) is 0 Å². The molecule has 0 radical (unpaired) electrons. The number of H-pyrrole nitrogens is 1. The number of imidazole rings is 1. The van der Waals surface area contributed by atoms with Crippen LogP contribution in [-0.2, 0) is 4.79 Å². The molecular formula is C7H11N5O2. The van der Waals surface area contributed by atoms with Crippen LogP contribution in [0.25, 0.3) is 0 Å². The van der Waals surface area contributed by atoms with E-state index in [9.17, 15) is 9.59 Å². The highest BCUT2D eigenvalue weighted by atomic mass is 16.2. The van der Waals surface area contributed by atoms with Crippen LogP contribution in [0.4, 0.5) is 10.7 Å². The third-order valence-corrected chi connectivity index (χ3v) is 1.49. The Balaban J connectivity index is 2.46. The molecule has 7 nitrogen and oxygen atoms in total. The van der Waals surface area contributed by atoms with Crippen molar-refractivity contribution in [1.82, 2.24) is 15.3 Å². The van der Waals surface area contributed by atoms with Crippen LogP contribution in [0.15, 0.2) is 12.4 Å². The molecule has 0 aliphatic heterocycles. The van der Waals surface area contributed by atoms with Crippen LogP contribution in [0.1, 0.15) is 6.92 Å². The van der Waals surface area contributed by atoms with Crippen molar-refractivity contribution in [3.63, 3.8) is 0 Å². The molecule has 0 saturated carbocycles. The van der Waals surface area contributed by atoms with Crippen molar-refractivity contribution in [2.45, 2.75) is 13.0 Å². The third kappa shape index (κ3) is 2.77. The number of nitrogens with two attached hydrogens (primary N) is 1.